The van der Waals surface area contributed by atoms with Crippen molar-refractivity contribution < 1.29 is 9.59 Å². The van der Waals surface area contributed by atoms with Crippen molar-refractivity contribution >= 4 is 23.2 Å². The summed E-state index contributed by atoms with van der Waals surface area (Å²) in [4.78, 5) is 28.0. The van der Waals surface area contributed by atoms with Gasteiger partial charge in [0.15, 0.2) is 0 Å². The van der Waals surface area contributed by atoms with Crippen LogP contribution in [0, 0.1) is 5.92 Å². The van der Waals surface area contributed by atoms with Gasteiger partial charge >= 0.3 is 0 Å². The maximum absolute atomic E-state index is 12.1. The zero-order valence-electron chi connectivity index (χ0n) is 15.3. The second-order valence-electron chi connectivity index (χ2n) is 5.96. The molecule has 6 nitrogen and oxygen atoms in total. The fraction of sp³-hybridized carbons (Fsp3) is 0.300. The number of carbonyl (C=O) groups excluding carboxylic acids is 2. The van der Waals surface area contributed by atoms with E-state index >= 15 is 0 Å². The molecule has 2 rings (SSSR count). The Kier molecular flexibility index (Phi) is 7.02. The third-order valence-electron chi connectivity index (χ3n) is 4.18. The number of hydrazone groups is 1. The number of pyridine rings is 1. The normalized spacial score (nSPS) is 11.3. The lowest BCUT2D eigenvalue weighted by Gasteiger charge is -2.13. The zero-order valence-corrected chi connectivity index (χ0v) is 15.3. The smallest absolute Gasteiger partial charge is 0.272 e. The minimum absolute atomic E-state index is 0.0284. The predicted octanol–water partition coefficient (Wildman–Crippen LogP) is 3.61. The summed E-state index contributed by atoms with van der Waals surface area (Å²) in [5.74, 6) is -0.246. The van der Waals surface area contributed by atoms with E-state index in [0.29, 0.717) is 11.3 Å². The molecule has 2 N–H and O–H groups in total. The average molecular weight is 352 g/mol. The van der Waals surface area contributed by atoms with Gasteiger partial charge in [-0.05, 0) is 49.6 Å². The van der Waals surface area contributed by atoms with Crippen LogP contribution in [0.2, 0.25) is 0 Å². The Morgan fingerprint density at radius 1 is 1.08 bits per heavy atom. The fourth-order valence-electron chi connectivity index (χ4n) is 2.46. The molecule has 0 bridgehead atoms. The van der Waals surface area contributed by atoms with Crippen molar-refractivity contribution in [3.8, 4) is 0 Å². The first-order valence-corrected chi connectivity index (χ1v) is 8.71. The van der Waals surface area contributed by atoms with E-state index in [1.54, 1.807) is 25.3 Å². The van der Waals surface area contributed by atoms with Crippen LogP contribution in [0.15, 0.2) is 53.9 Å². The molecule has 0 fully saturated rings. The van der Waals surface area contributed by atoms with Crippen LogP contribution in [-0.4, -0.2) is 22.5 Å². The average Bonchev–Trinajstić information content (AvgIpc) is 2.68. The summed E-state index contributed by atoms with van der Waals surface area (Å²) in [7, 11) is 0. The number of nitrogens with one attached hydrogen (secondary N) is 2. The molecule has 0 saturated carbocycles. The van der Waals surface area contributed by atoms with Crippen molar-refractivity contribution in [3.63, 3.8) is 0 Å². The van der Waals surface area contributed by atoms with E-state index < -0.39 is 0 Å². The second-order valence-corrected chi connectivity index (χ2v) is 5.96. The predicted molar refractivity (Wildman–Crippen MR) is 103 cm³/mol. The third kappa shape index (κ3) is 5.24. The van der Waals surface area contributed by atoms with Gasteiger partial charge in [-0.3, -0.25) is 14.6 Å². The molecule has 0 atom stereocenters. The maximum Gasteiger partial charge on any atom is 0.272 e. The lowest BCUT2D eigenvalue weighted by molar-refractivity contribution is -0.120. The SMILES string of the molecule is CCC(CC)C(=O)Nc1ccc(/C(C)=N\NC(=O)c2cccnc2)cc1. The van der Waals surface area contributed by atoms with E-state index in [0.717, 1.165) is 24.1 Å². The van der Waals surface area contributed by atoms with Crippen LogP contribution >= 0.6 is 0 Å². The van der Waals surface area contributed by atoms with Crippen molar-refractivity contribution in [2.75, 3.05) is 5.32 Å². The molecule has 1 aromatic heterocycles. The molecule has 6 heteroatoms. The van der Waals surface area contributed by atoms with Crippen LogP contribution in [0.3, 0.4) is 0 Å². The molecule has 0 unspecified atom stereocenters. The van der Waals surface area contributed by atoms with Crippen molar-refractivity contribution in [1.29, 1.82) is 0 Å². The van der Waals surface area contributed by atoms with E-state index in [9.17, 15) is 9.59 Å². The molecule has 2 aromatic rings. The first-order valence-electron chi connectivity index (χ1n) is 8.71. The van der Waals surface area contributed by atoms with Gasteiger partial charge in [0.1, 0.15) is 0 Å². The fourth-order valence-corrected chi connectivity index (χ4v) is 2.46. The standard InChI is InChI=1S/C20H24N4O2/c1-4-15(5-2)19(25)22-18-10-8-16(9-11-18)14(3)23-24-20(26)17-7-6-12-21-13-17/h6-13,15H,4-5H2,1-3H3,(H,22,25)(H,24,26)/b23-14-. The largest absolute Gasteiger partial charge is 0.326 e. The van der Waals surface area contributed by atoms with Crippen molar-refractivity contribution in [2.45, 2.75) is 33.6 Å². The van der Waals surface area contributed by atoms with Gasteiger partial charge in [0.2, 0.25) is 5.91 Å². The highest BCUT2D eigenvalue weighted by atomic mass is 16.2. The molecule has 1 heterocycles. The molecular weight excluding hydrogens is 328 g/mol. The van der Waals surface area contributed by atoms with Crippen LogP contribution in [0.4, 0.5) is 5.69 Å². The summed E-state index contributed by atoms with van der Waals surface area (Å²) in [6.07, 6.45) is 4.73. The van der Waals surface area contributed by atoms with E-state index in [1.165, 1.54) is 6.20 Å². The molecule has 26 heavy (non-hydrogen) atoms. The van der Waals surface area contributed by atoms with Gasteiger partial charge in [-0.2, -0.15) is 5.10 Å². The highest BCUT2D eigenvalue weighted by Crippen LogP contribution is 2.14. The monoisotopic (exact) mass is 352 g/mol. The number of rotatable bonds is 7. The molecule has 0 aliphatic heterocycles. The Bertz CT molecular complexity index is 766. The van der Waals surface area contributed by atoms with Gasteiger partial charge in [-0.15, -0.1) is 0 Å². The maximum atomic E-state index is 12.1. The van der Waals surface area contributed by atoms with Crippen LogP contribution in [0.25, 0.3) is 0 Å². The van der Waals surface area contributed by atoms with Crippen molar-refractivity contribution in [2.24, 2.45) is 11.0 Å². The van der Waals surface area contributed by atoms with Crippen LogP contribution in [-0.2, 0) is 4.79 Å². The molecule has 0 radical (unpaired) electrons. The van der Waals surface area contributed by atoms with Crippen molar-refractivity contribution in [3.05, 3.63) is 59.9 Å². The number of benzene rings is 1. The van der Waals surface area contributed by atoms with E-state index in [2.05, 4.69) is 20.8 Å². The van der Waals surface area contributed by atoms with Gasteiger partial charge in [0, 0.05) is 24.0 Å². The van der Waals surface area contributed by atoms with Crippen molar-refractivity contribution in [1.82, 2.24) is 10.4 Å². The Morgan fingerprint density at radius 3 is 2.35 bits per heavy atom. The Morgan fingerprint density at radius 2 is 1.77 bits per heavy atom. The van der Waals surface area contributed by atoms with Crippen LogP contribution < -0.4 is 10.7 Å². The highest BCUT2D eigenvalue weighted by Gasteiger charge is 2.14. The van der Waals surface area contributed by atoms with Crippen LogP contribution in [0.5, 0.6) is 0 Å². The molecule has 0 aliphatic rings. The summed E-state index contributed by atoms with van der Waals surface area (Å²) in [6.45, 7) is 5.83. The second kappa shape index (κ2) is 9.46. The lowest BCUT2D eigenvalue weighted by Crippen LogP contribution is -2.21. The summed E-state index contributed by atoms with van der Waals surface area (Å²) < 4.78 is 0. The first kappa shape index (κ1) is 19.3. The highest BCUT2D eigenvalue weighted by molar-refractivity contribution is 6.01. The summed E-state index contributed by atoms with van der Waals surface area (Å²) in [5, 5.41) is 7.04. The molecule has 136 valence electrons. The third-order valence-corrected chi connectivity index (χ3v) is 4.18. The molecule has 0 saturated heterocycles. The van der Waals surface area contributed by atoms with E-state index in [-0.39, 0.29) is 17.7 Å². The minimum Gasteiger partial charge on any atom is -0.326 e. The zero-order chi connectivity index (χ0) is 18.9. The molecular formula is C20H24N4O2. The quantitative estimate of drug-likeness (QED) is 0.590. The van der Waals surface area contributed by atoms with E-state index in [1.807, 2.05) is 38.1 Å². The van der Waals surface area contributed by atoms with Gasteiger partial charge in [-0.1, -0.05) is 26.0 Å². The number of hydrogen-bond acceptors (Lipinski definition) is 4. The van der Waals surface area contributed by atoms with Gasteiger partial charge in [0.25, 0.3) is 5.91 Å². The number of amides is 2. The number of aromatic nitrogens is 1. The molecule has 0 aliphatic carbocycles. The Labute approximate surface area is 153 Å². The van der Waals surface area contributed by atoms with Gasteiger partial charge in [-0.25, -0.2) is 5.43 Å². The molecule has 2 amide bonds. The number of carbonyl (C=O) groups is 2. The number of hydrogen-bond donors (Lipinski definition) is 2. The van der Waals surface area contributed by atoms with Gasteiger partial charge < -0.3 is 5.32 Å². The Balaban J connectivity index is 1.98. The van der Waals surface area contributed by atoms with E-state index in [4.69, 9.17) is 0 Å². The molecule has 1 aromatic carbocycles. The summed E-state index contributed by atoms with van der Waals surface area (Å²) >= 11 is 0. The summed E-state index contributed by atoms with van der Waals surface area (Å²) in [5.41, 5.74) is 5.23. The minimum atomic E-state index is -0.313. The Hall–Kier alpha value is -3.02. The van der Waals surface area contributed by atoms with Gasteiger partial charge in [0.05, 0.1) is 11.3 Å². The summed E-state index contributed by atoms with van der Waals surface area (Å²) in [6, 6.07) is 10.7. The molecule has 0 spiro atoms. The lowest BCUT2D eigenvalue weighted by atomic mass is 10.0. The first-order chi connectivity index (χ1) is 12.5. The number of nitrogens with zero attached hydrogens (tertiary/aromatic N) is 2. The number of anilines is 1. The topological polar surface area (TPSA) is 83.5 Å². The van der Waals surface area contributed by atoms with Crippen LogP contribution in [0.1, 0.15) is 49.5 Å².